The lowest BCUT2D eigenvalue weighted by atomic mass is 9.84. The number of hydrogen-bond donors (Lipinski definition) is 1. The minimum absolute atomic E-state index is 0.742. The topological polar surface area (TPSA) is 29.3 Å². The second-order valence-corrected chi connectivity index (χ2v) is 4.46. The van der Waals surface area contributed by atoms with Gasteiger partial charge in [0.1, 0.15) is 0 Å². The quantitative estimate of drug-likeness (QED) is 0.416. The first kappa shape index (κ1) is 11.7. The summed E-state index contributed by atoms with van der Waals surface area (Å²) in [4.78, 5) is 0. The van der Waals surface area contributed by atoms with Crippen LogP contribution in [0, 0.1) is 5.92 Å². The lowest BCUT2D eigenvalue weighted by molar-refractivity contribution is 0.285. The van der Waals surface area contributed by atoms with Crippen LogP contribution in [0.5, 0.6) is 0 Å². The lowest BCUT2D eigenvalue weighted by Gasteiger charge is -2.26. The third-order valence-corrected chi connectivity index (χ3v) is 3.10. The molecule has 0 aromatic heterocycles. The summed E-state index contributed by atoms with van der Waals surface area (Å²) >= 11 is 0. The van der Waals surface area contributed by atoms with E-state index in [9.17, 15) is 0 Å². The van der Waals surface area contributed by atoms with Crippen LogP contribution in [0.15, 0.2) is 12.2 Å². The first-order valence-corrected chi connectivity index (χ1v) is 5.91. The molecule has 0 spiro atoms. The Labute approximate surface area is 88.1 Å². The van der Waals surface area contributed by atoms with Gasteiger partial charge in [0.05, 0.1) is 0 Å². The van der Waals surface area contributed by atoms with Crippen LogP contribution in [-0.2, 0) is 0 Å². The molecule has 0 radical (unpaired) electrons. The van der Waals surface area contributed by atoms with Crippen LogP contribution >= 0.6 is 0 Å². The standard InChI is InChI=1S/C12H24N2/c1-3-9-14(13)10-11(2)12-7-5-4-6-8-12/h12H,2-10,13H2,1H3. The summed E-state index contributed by atoms with van der Waals surface area (Å²) in [6, 6.07) is 0. The van der Waals surface area contributed by atoms with Gasteiger partial charge in [0, 0.05) is 13.1 Å². The number of hydrogen-bond acceptors (Lipinski definition) is 2. The van der Waals surface area contributed by atoms with Crippen LogP contribution < -0.4 is 5.84 Å². The third kappa shape index (κ3) is 3.81. The van der Waals surface area contributed by atoms with E-state index >= 15 is 0 Å². The zero-order valence-electron chi connectivity index (χ0n) is 9.47. The number of hydrazine groups is 1. The lowest BCUT2D eigenvalue weighted by Crippen LogP contribution is -2.34. The molecule has 0 atom stereocenters. The zero-order valence-corrected chi connectivity index (χ0v) is 9.47. The fourth-order valence-electron chi connectivity index (χ4n) is 2.27. The molecule has 1 saturated carbocycles. The van der Waals surface area contributed by atoms with Crippen molar-refractivity contribution in [2.75, 3.05) is 13.1 Å². The Balaban J connectivity index is 2.25. The highest BCUT2D eigenvalue weighted by Crippen LogP contribution is 2.28. The average Bonchev–Trinajstić information content (AvgIpc) is 2.19. The van der Waals surface area contributed by atoms with Crippen LogP contribution in [-0.4, -0.2) is 18.1 Å². The van der Waals surface area contributed by atoms with Crippen molar-refractivity contribution in [2.24, 2.45) is 11.8 Å². The largest absolute Gasteiger partial charge is 0.268 e. The van der Waals surface area contributed by atoms with Crippen molar-refractivity contribution in [3.05, 3.63) is 12.2 Å². The van der Waals surface area contributed by atoms with Crippen molar-refractivity contribution in [3.8, 4) is 0 Å². The molecule has 2 heteroatoms. The molecule has 0 aromatic carbocycles. The molecular weight excluding hydrogens is 172 g/mol. The molecule has 1 aliphatic rings. The molecule has 0 amide bonds. The van der Waals surface area contributed by atoms with Crippen LogP contribution in [0.4, 0.5) is 0 Å². The van der Waals surface area contributed by atoms with E-state index in [0.717, 1.165) is 25.4 Å². The van der Waals surface area contributed by atoms with Gasteiger partial charge >= 0.3 is 0 Å². The van der Waals surface area contributed by atoms with Crippen LogP contribution in [0.25, 0.3) is 0 Å². The smallest absolute Gasteiger partial charge is 0.0338 e. The molecule has 2 nitrogen and oxygen atoms in total. The predicted octanol–water partition coefficient (Wildman–Crippen LogP) is 2.71. The Morgan fingerprint density at radius 2 is 2.00 bits per heavy atom. The Morgan fingerprint density at radius 1 is 1.36 bits per heavy atom. The van der Waals surface area contributed by atoms with Crippen LogP contribution in [0.1, 0.15) is 45.4 Å². The van der Waals surface area contributed by atoms with E-state index in [0.29, 0.717) is 0 Å². The first-order valence-electron chi connectivity index (χ1n) is 5.91. The minimum Gasteiger partial charge on any atom is -0.268 e. The molecule has 1 aliphatic carbocycles. The van der Waals surface area contributed by atoms with E-state index in [1.165, 1.54) is 37.7 Å². The summed E-state index contributed by atoms with van der Waals surface area (Å²) in [5.41, 5.74) is 1.35. The molecule has 14 heavy (non-hydrogen) atoms. The third-order valence-electron chi connectivity index (χ3n) is 3.10. The van der Waals surface area contributed by atoms with Gasteiger partial charge in [0.25, 0.3) is 0 Å². The normalized spacial score (nSPS) is 18.8. The van der Waals surface area contributed by atoms with Crippen molar-refractivity contribution >= 4 is 0 Å². The fraction of sp³-hybridized carbons (Fsp3) is 0.833. The van der Waals surface area contributed by atoms with Crippen molar-refractivity contribution in [2.45, 2.75) is 45.4 Å². The number of nitrogens with two attached hydrogens (primary N) is 1. The van der Waals surface area contributed by atoms with Gasteiger partial charge < -0.3 is 0 Å². The van der Waals surface area contributed by atoms with Crippen LogP contribution in [0.2, 0.25) is 0 Å². The Hall–Kier alpha value is -0.340. The van der Waals surface area contributed by atoms with E-state index in [1.54, 1.807) is 0 Å². The van der Waals surface area contributed by atoms with E-state index in [1.807, 2.05) is 5.01 Å². The Morgan fingerprint density at radius 3 is 2.57 bits per heavy atom. The highest BCUT2D eigenvalue weighted by Gasteiger charge is 2.17. The SMILES string of the molecule is C=C(CN(N)CCC)C1CCCCC1. The molecule has 1 fully saturated rings. The molecular formula is C12H24N2. The summed E-state index contributed by atoms with van der Waals surface area (Å²) in [5.74, 6) is 6.61. The van der Waals surface area contributed by atoms with Crippen LogP contribution in [0.3, 0.4) is 0 Å². The first-order chi connectivity index (χ1) is 6.74. The van der Waals surface area contributed by atoms with Gasteiger partial charge in [-0.1, -0.05) is 38.3 Å². The Bertz CT molecular complexity index is 171. The van der Waals surface area contributed by atoms with Gasteiger partial charge in [-0.3, -0.25) is 5.84 Å². The zero-order chi connectivity index (χ0) is 10.4. The van der Waals surface area contributed by atoms with E-state index in [4.69, 9.17) is 5.84 Å². The molecule has 0 aliphatic heterocycles. The van der Waals surface area contributed by atoms with Crippen molar-refractivity contribution in [1.82, 2.24) is 5.01 Å². The molecule has 0 heterocycles. The van der Waals surface area contributed by atoms with E-state index in [-0.39, 0.29) is 0 Å². The minimum atomic E-state index is 0.742. The summed E-state index contributed by atoms with van der Waals surface area (Å²) in [7, 11) is 0. The summed E-state index contributed by atoms with van der Waals surface area (Å²) in [5, 5.41) is 1.90. The summed E-state index contributed by atoms with van der Waals surface area (Å²) < 4.78 is 0. The predicted molar refractivity (Wildman–Crippen MR) is 61.8 cm³/mol. The highest BCUT2D eigenvalue weighted by atomic mass is 15.4. The van der Waals surface area contributed by atoms with E-state index in [2.05, 4.69) is 13.5 Å². The molecule has 0 bridgehead atoms. The van der Waals surface area contributed by atoms with Crippen molar-refractivity contribution < 1.29 is 0 Å². The molecule has 0 unspecified atom stereocenters. The summed E-state index contributed by atoms with van der Waals surface area (Å²) in [6.45, 7) is 8.20. The Kier molecular flexibility index (Phi) is 5.20. The maximum absolute atomic E-state index is 5.86. The van der Waals surface area contributed by atoms with Gasteiger partial charge in [-0.05, 0) is 25.2 Å². The second kappa shape index (κ2) is 6.20. The monoisotopic (exact) mass is 196 g/mol. The van der Waals surface area contributed by atoms with Crippen molar-refractivity contribution in [3.63, 3.8) is 0 Å². The van der Waals surface area contributed by atoms with Crippen molar-refractivity contribution in [1.29, 1.82) is 0 Å². The maximum atomic E-state index is 5.86. The number of nitrogens with zero attached hydrogens (tertiary/aromatic N) is 1. The molecule has 0 saturated heterocycles. The maximum Gasteiger partial charge on any atom is 0.0338 e. The van der Waals surface area contributed by atoms with Gasteiger partial charge in [0.2, 0.25) is 0 Å². The number of rotatable bonds is 5. The van der Waals surface area contributed by atoms with Gasteiger partial charge in [-0.25, -0.2) is 5.01 Å². The summed E-state index contributed by atoms with van der Waals surface area (Å²) in [6.07, 6.45) is 7.95. The average molecular weight is 196 g/mol. The fourth-order valence-corrected chi connectivity index (χ4v) is 2.27. The van der Waals surface area contributed by atoms with Gasteiger partial charge in [0.15, 0.2) is 0 Å². The van der Waals surface area contributed by atoms with E-state index < -0.39 is 0 Å². The second-order valence-electron chi connectivity index (χ2n) is 4.46. The van der Waals surface area contributed by atoms with Gasteiger partial charge in [-0.2, -0.15) is 0 Å². The highest BCUT2D eigenvalue weighted by molar-refractivity contribution is 5.03. The van der Waals surface area contributed by atoms with Gasteiger partial charge in [-0.15, -0.1) is 0 Å². The molecule has 1 rings (SSSR count). The molecule has 0 aromatic rings. The molecule has 82 valence electrons. The molecule has 2 N–H and O–H groups in total.